The van der Waals surface area contributed by atoms with E-state index in [9.17, 15) is 5.11 Å². The number of nitrogens with zero attached hydrogens (tertiary/aromatic N) is 1. The Kier molecular flexibility index (Phi) is 7.60. The number of nitrogens with one attached hydrogen (secondary N) is 2. The third-order valence-electron chi connectivity index (χ3n) is 3.97. The van der Waals surface area contributed by atoms with Crippen molar-refractivity contribution in [3.8, 4) is 11.5 Å². The number of phenolic OH excluding ortho intramolecular Hbond substituents is 1. The molecule has 2 aromatic rings. The van der Waals surface area contributed by atoms with Crippen LogP contribution in [0.1, 0.15) is 30.9 Å². The molecule has 0 fully saturated rings. The van der Waals surface area contributed by atoms with Crippen molar-refractivity contribution >= 4 is 17.3 Å². The molecule has 1 unspecified atom stereocenters. The van der Waals surface area contributed by atoms with Crippen LogP contribution >= 0.6 is 11.3 Å². The number of para-hydroxylation sites is 1. The van der Waals surface area contributed by atoms with Crippen LogP contribution in [0.15, 0.2) is 40.0 Å². The van der Waals surface area contributed by atoms with Gasteiger partial charge in [0.25, 0.3) is 0 Å². The first-order valence-corrected chi connectivity index (χ1v) is 9.49. The Morgan fingerprint density at radius 2 is 2.16 bits per heavy atom. The quantitative estimate of drug-likeness (QED) is 0.498. The van der Waals surface area contributed by atoms with Gasteiger partial charge in [-0.25, -0.2) is 0 Å². The summed E-state index contributed by atoms with van der Waals surface area (Å²) in [5.41, 5.74) is 2.18. The molecular weight excluding hydrogens is 334 g/mol. The molecule has 136 valence electrons. The molecular formula is C19H27N3O2S. The molecule has 2 rings (SSSR count). The lowest BCUT2D eigenvalue weighted by Gasteiger charge is -2.14. The zero-order valence-corrected chi connectivity index (χ0v) is 15.9. The molecule has 0 spiro atoms. The minimum Gasteiger partial charge on any atom is -0.504 e. The van der Waals surface area contributed by atoms with Gasteiger partial charge in [-0.3, -0.25) is 4.99 Å². The van der Waals surface area contributed by atoms with E-state index in [1.54, 1.807) is 24.5 Å². The van der Waals surface area contributed by atoms with Crippen molar-refractivity contribution in [1.29, 1.82) is 0 Å². The predicted molar refractivity (Wildman–Crippen MR) is 105 cm³/mol. The third kappa shape index (κ3) is 5.67. The summed E-state index contributed by atoms with van der Waals surface area (Å²) in [7, 11) is 1.56. The molecule has 0 saturated heterocycles. The molecule has 0 radical (unpaired) electrons. The molecule has 5 nitrogen and oxygen atoms in total. The maximum atomic E-state index is 10.1. The number of thiophene rings is 1. The number of rotatable bonds is 8. The molecule has 6 heteroatoms. The van der Waals surface area contributed by atoms with Crippen molar-refractivity contribution in [1.82, 2.24) is 10.6 Å². The van der Waals surface area contributed by atoms with Crippen LogP contribution in [-0.4, -0.2) is 37.8 Å². The number of hydrogen-bond donors (Lipinski definition) is 3. The predicted octanol–water partition coefficient (Wildman–Crippen LogP) is 3.36. The molecule has 1 aromatic heterocycles. The van der Waals surface area contributed by atoms with E-state index in [0.29, 0.717) is 24.6 Å². The van der Waals surface area contributed by atoms with E-state index in [1.807, 2.05) is 19.1 Å². The highest BCUT2D eigenvalue weighted by Gasteiger charge is 2.08. The van der Waals surface area contributed by atoms with E-state index >= 15 is 0 Å². The Labute approximate surface area is 153 Å². The van der Waals surface area contributed by atoms with Crippen LogP contribution in [0.2, 0.25) is 0 Å². The molecule has 0 aliphatic carbocycles. The van der Waals surface area contributed by atoms with Crippen molar-refractivity contribution in [3.05, 3.63) is 46.2 Å². The number of methoxy groups -OCH3 is 1. The third-order valence-corrected chi connectivity index (χ3v) is 4.67. The summed E-state index contributed by atoms with van der Waals surface area (Å²) in [5.74, 6) is 1.90. The summed E-state index contributed by atoms with van der Waals surface area (Å²) in [6, 6.07) is 7.69. The van der Waals surface area contributed by atoms with E-state index in [4.69, 9.17) is 4.74 Å². The molecule has 0 aliphatic rings. The Morgan fingerprint density at radius 1 is 1.32 bits per heavy atom. The Bertz CT molecular complexity index is 671. The van der Waals surface area contributed by atoms with Gasteiger partial charge in [0.1, 0.15) is 0 Å². The maximum Gasteiger partial charge on any atom is 0.191 e. The smallest absolute Gasteiger partial charge is 0.191 e. The average Bonchev–Trinajstić information content (AvgIpc) is 3.15. The second kappa shape index (κ2) is 9.93. The summed E-state index contributed by atoms with van der Waals surface area (Å²) in [6.07, 6.45) is 0.688. The number of phenols is 1. The van der Waals surface area contributed by atoms with Crippen molar-refractivity contribution in [2.24, 2.45) is 4.99 Å². The standard InChI is InChI=1S/C19H27N3O2S/c1-4-20-19(22-12-14(2)16-9-11-25-13-16)21-10-8-15-6-5-7-17(24-3)18(15)23/h5-7,9,11,13-14,23H,4,8,10,12H2,1-3H3,(H2,20,21,22). The maximum absolute atomic E-state index is 10.1. The molecule has 3 N–H and O–H groups in total. The van der Waals surface area contributed by atoms with Crippen LogP contribution in [0, 0.1) is 0 Å². The van der Waals surface area contributed by atoms with E-state index < -0.39 is 0 Å². The van der Waals surface area contributed by atoms with Crippen molar-refractivity contribution in [2.75, 3.05) is 26.7 Å². The van der Waals surface area contributed by atoms with E-state index in [-0.39, 0.29) is 5.75 Å². The monoisotopic (exact) mass is 361 g/mol. The largest absolute Gasteiger partial charge is 0.504 e. The van der Waals surface area contributed by atoms with E-state index in [1.165, 1.54) is 5.56 Å². The van der Waals surface area contributed by atoms with Gasteiger partial charge in [-0.1, -0.05) is 19.1 Å². The van der Waals surface area contributed by atoms with Crippen LogP contribution in [0.3, 0.4) is 0 Å². The van der Waals surface area contributed by atoms with Gasteiger partial charge in [0, 0.05) is 25.6 Å². The first-order valence-electron chi connectivity index (χ1n) is 8.54. The number of ether oxygens (including phenoxy) is 1. The van der Waals surface area contributed by atoms with Gasteiger partial charge in [-0.15, -0.1) is 0 Å². The van der Waals surface area contributed by atoms with Crippen LogP contribution in [0.25, 0.3) is 0 Å². The minimum absolute atomic E-state index is 0.208. The highest BCUT2D eigenvalue weighted by molar-refractivity contribution is 7.07. The van der Waals surface area contributed by atoms with Gasteiger partial charge < -0.3 is 20.5 Å². The van der Waals surface area contributed by atoms with Gasteiger partial charge >= 0.3 is 0 Å². The first-order chi connectivity index (χ1) is 12.2. The van der Waals surface area contributed by atoms with Crippen LogP contribution in [0.4, 0.5) is 0 Å². The average molecular weight is 362 g/mol. The van der Waals surface area contributed by atoms with Crippen molar-refractivity contribution < 1.29 is 9.84 Å². The van der Waals surface area contributed by atoms with Gasteiger partial charge in [0.05, 0.1) is 7.11 Å². The fraction of sp³-hybridized carbons (Fsp3) is 0.421. The summed E-state index contributed by atoms with van der Waals surface area (Å²) < 4.78 is 5.15. The summed E-state index contributed by atoms with van der Waals surface area (Å²) in [5, 5.41) is 21.0. The SMILES string of the molecule is CCNC(=NCC(C)c1ccsc1)NCCc1cccc(OC)c1O. The fourth-order valence-electron chi connectivity index (χ4n) is 2.48. The van der Waals surface area contributed by atoms with Crippen LogP contribution in [0.5, 0.6) is 11.5 Å². The molecule has 0 bridgehead atoms. The minimum atomic E-state index is 0.208. The number of aromatic hydroxyl groups is 1. The number of aliphatic imine (C=N–C) groups is 1. The lowest BCUT2D eigenvalue weighted by atomic mass is 10.1. The zero-order chi connectivity index (χ0) is 18.1. The lowest BCUT2D eigenvalue weighted by molar-refractivity contribution is 0.370. The van der Waals surface area contributed by atoms with E-state index in [0.717, 1.165) is 24.6 Å². The Balaban J connectivity index is 1.90. The Morgan fingerprint density at radius 3 is 2.84 bits per heavy atom. The van der Waals surface area contributed by atoms with Gasteiger partial charge in [0.15, 0.2) is 17.5 Å². The number of benzene rings is 1. The lowest BCUT2D eigenvalue weighted by Crippen LogP contribution is -2.38. The highest BCUT2D eigenvalue weighted by Crippen LogP contribution is 2.29. The number of guanidine groups is 1. The van der Waals surface area contributed by atoms with Crippen LogP contribution in [-0.2, 0) is 6.42 Å². The van der Waals surface area contributed by atoms with Gasteiger partial charge in [0.2, 0.25) is 0 Å². The van der Waals surface area contributed by atoms with Crippen molar-refractivity contribution in [2.45, 2.75) is 26.2 Å². The summed E-state index contributed by atoms with van der Waals surface area (Å²) in [4.78, 5) is 4.67. The highest BCUT2D eigenvalue weighted by atomic mass is 32.1. The van der Waals surface area contributed by atoms with Gasteiger partial charge in [-0.05, 0) is 47.4 Å². The number of hydrogen-bond acceptors (Lipinski definition) is 4. The van der Waals surface area contributed by atoms with Crippen LogP contribution < -0.4 is 15.4 Å². The normalized spacial score (nSPS) is 12.7. The summed E-state index contributed by atoms with van der Waals surface area (Å²) >= 11 is 1.71. The fourth-order valence-corrected chi connectivity index (χ4v) is 3.26. The Hall–Kier alpha value is -2.21. The zero-order valence-electron chi connectivity index (χ0n) is 15.1. The van der Waals surface area contributed by atoms with Gasteiger partial charge in [-0.2, -0.15) is 11.3 Å². The van der Waals surface area contributed by atoms with Crippen molar-refractivity contribution in [3.63, 3.8) is 0 Å². The summed E-state index contributed by atoms with van der Waals surface area (Å²) in [6.45, 7) is 6.45. The second-order valence-electron chi connectivity index (χ2n) is 5.82. The first kappa shape index (κ1) is 19.1. The molecule has 0 amide bonds. The molecule has 0 aliphatic heterocycles. The second-order valence-corrected chi connectivity index (χ2v) is 6.60. The topological polar surface area (TPSA) is 65.9 Å². The molecule has 1 heterocycles. The molecule has 1 atom stereocenters. The van der Waals surface area contributed by atoms with E-state index in [2.05, 4.69) is 39.4 Å². The molecule has 1 aromatic carbocycles. The molecule has 25 heavy (non-hydrogen) atoms. The molecule has 0 saturated carbocycles.